The van der Waals surface area contributed by atoms with Gasteiger partial charge < -0.3 is 10.5 Å². The average Bonchev–Trinajstić information content (AvgIpc) is 2.55. The molecule has 0 aliphatic rings. The quantitative estimate of drug-likeness (QED) is 0.878. The van der Waals surface area contributed by atoms with Gasteiger partial charge in [0.2, 0.25) is 0 Å². The van der Waals surface area contributed by atoms with E-state index in [1.807, 2.05) is 4.68 Å². The maximum Gasteiger partial charge on any atom is 0.0694 e. The molecule has 0 bridgehead atoms. The molecule has 0 aliphatic heterocycles. The van der Waals surface area contributed by atoms with Gasteiger partial charge in [-0.05, 0) is 22.4 Å². The van der Waals surface area contributed by atoms with Crippen LogP contribution in [0.3, 0.4) is 0 Å². The van der Waals surface area contributed by atoms with Crippen LogP contribution in [0.15, 0.2) is 10.7 Å². The van der Waals surface area contributed by atoms with Crippen LogP contribution in [0.2, 0.25) is 0 Å². The highest BCUT2D eigenvalue weighted by Crippen LogP contribution is 2.23. The van der Waals surface area contributed by atoms with Gasteiger partial charge in [0.25, 0.3) is 0 Å². The fourth-order valence-electron chi connectivity index (χ4n) is 1.29. The highest BCUT2D eigenvalue weighted by Gasteiger charge is 2.14. The van der Waals surface area contributed by atoms with Crippen LogP contribution < -0.4 is 5.73 Å². The molecule has 80 valence electrons. The summed E-state index contributed by atoms with van der Waals surface area (Å²) in [7, 11) is 1.68. The molecular formula is C9H16BrN3O. The van der Waals surface area contributed by atoms with E-state index in [0.717, 1.165) is 23.1 Å². The smallest absolute Gasteiger partial charge is 0.0694 e. The standard InChI is InChI=1S/C9H16BrN3O/c1-3-8(11)9-7(10)6-12-13(9)4-5-14-2/h6,8H,3-5,11H2,1-2H3. The van der Waals surface area contributed by atoms with Crippen LogP contribution in [0.25, 0.3) is 0 Å². The van der Waals surface area contributed by atoms with E-state index in [1.165, 1.54) is 0 Å². The first kappa shape index (κ1) is 11.7. The van der Waals surface area contributed by atoms with Crippen LogP contribution in [-0.4, -0.2) is 23.5 Å². The third kappa shape index (κ3) is 2.56. The molecule has 4 nitrogen and oxygen atoms in total. The molecule has 0 aliphatic carbocycles. The number of nitrogens with two attached hydrogens (primary N) is 1. The Morgan fingerprint density at radius 1 is 1.71 bits per heavy atom. The molecule has 2 N–H and O–H groups in total. The SMILES string of the molecule is CCC(N)c1c(Br)cnn1CCOC. The zero-order valence-electron chi connectivity index (χ0n) is 8.53. The van der Waals surface area contributed by atoms with Crippen LogP contribution >= 0.6 is 15.9 Å². The highest BCUT2D eigenvalue weighted by atomic mass is 79.9. The fraction of sp³-hybridized carbons (Fsp3) is 0.667. The lowest BCUT2D eigenvalue weighted by Gasteiger charge is -2.12. The number of hydrogen-bond donors (Lipinski definition) is 1. The van der Waals surface area contributed by atoms with Gasteiger partial charge in [0.15, 0.2) is 0 Å². The van der Waals surface area contributed by atoms with Gasteiger partial charge in [0, 0.05) is 13.2 Å². The fourth-order valence-corrected chi connectivity index (χ4v) is 1.88. The minimum atomic E-state index is 0.0312. The summed E-state index contributed by atoms with van der Waals surface area (Å²) in [5.74, 6) is 0. The van der Waals surface area contributed by atoms with Crippen molar-refractivity contribution in [3.63, 3.8) is 0 Å². The first-order chi connectivity index (χ1) is 6.70. The van der Waals surface area contributed by atoms with Crippen molar-refractivity contribution in [2.24, 2.45) is 5.73 Å². The first-order valence-electron chi connectivity index (χ1n) is 4.66. The summed E-state index contributed by atoms with van der Waals surface area (Å²) in [6.45, 7) is 3.45. The predicted molar refractivity (Wildman–Crippen MR) is 59.0 cm³/mol. The molecule has 0 fully saturated rings. The van der Waals surface area contributed by atoms with Crippen LogP contribution in [0.4, 0.5) is 0 Å². The molecule has 1 rings (SSSR count). The summed E-state index contributed by atoms with van der Waals surface area (Å²) in [6, 6.07) is 0.0312. The number of rotatable bonds is 5. The Balaban J connectivity index is 2.82. The predicted octanol–water partition coefficient (Wildman–Crippen LogP) is 1.70. The summed E-state index contributed by atoms with van der Waals surface area (Å²) in [6.07, 6.45) is 2.68. The van der Waals surface area contributed by atoms with Crippen LogP contribution in [0, 0.1) is 0 Å². The molecule has 1 heterocycles. The molecule has 1 atom stereocenters. The van der Waals surface area contributed by atoms with Gasteiger partial charge in [0.05, 0.1) is 29.5 Å². The molecule has 0 aromatic carbocycles. The Bertz CT molecular complexity index is 288. The number of halogens is 1. The average molecular weight is 262 g/mol. The topological polar surface area (TPSA) is 53.1 Å². The van der Waals surface area contributed by atoms with Crippen LogP contribution in [-0.2, 0) is 11.3 Å². The Kier molecular flexibility index (Phi) is 4.57. The largest absolute Gasteiger partial charge is 0.383 e. The number of hydrogen-bond acceptors (Lipinski definition) is 3. The van der Waals surface area contributed by atoms with E-state index in [-0.39, 0.29) is 6.04 Å². The minimum Gasteiger partial charge on any atom is -0.383 e. The Labute approximate surface area is 92.5 Å². The van der Waals surface area contributed by atoms with Crippen molar-refractivity contribution in [3.8, 4) is 0 Å². The Morgan fingerprint density at radius 2 is 2.43 bits per heavy atom. The van der Waals surface area contributed by atoms with E-state index in [2.05, 4.69) is 28.0 Å². The lowest BCUT2D eigenvalue weighted by atomic mass is 10.2. The summed E-state index contributed by atoms with van der Waals surface area (Å²) in [5.41, 5.74) is 7.03. The zero-order valence-corrected chi connectivity index (χ0v) is 10.1. The van der Waals surface area contributed by atoms with Gasteiger partial charge >= 0.3 is 0 Å². The first-order valence-corrected chi connectivity index (χ1v) is 5.45. The van der Waals surface area contributed by atoms with E-state index < -0.39 is 0 Å². The lowest BCUT2D eigenvalue weighted by molar-refractivity contribution is 0.182. The highest BCUT2D eigenvalue weighted by molar-refractivity contribution is 9.10. The zero-order chi connectivity index (χ0) is 10.6. The molecule has 0 saturated carbocycles. The van der Waals surface area contributed by atoms with Crippen molar-refractivity contribution < 1.29 is 4.74 Å². The summed E-state index contributed by atoms with van der Waals surface area (Å²) >= 11 is 3.45. The van der Waals surface area contributed by atoms with Crippen molar-refractivity contribution >= 4 is 15.9 Å². The van der Waals surface area contributed by atoms with E-state index in [4.69, 9.17) is 10.5 Å². The summed E-state index contributed by atoms with van der Waals surface area (Å²) in [4.78, 5) is 0. The van der Waals surface area contributed by atoms with Gasteiger partial charge in [-0.3, -0.25) is 4.68 Å². The molecule has 0 saturated heterocycles. The summed E-state index contributed by atoms with van der Waals surface area (Å²) < 4.78 is 7.87. The number of aromatic nitrogens is 2. The van der Waals surface area contributed by atoms with Crippen molar-refractivity contribution in [2.45, 2.75) is 25.9 Å². The summed E-state index contributed by atoms with van der Waals surface area (Å²) in [5, 5.41) is 4.23. The van der Waals surface area contributed by atoms with Crippen molar-refractivity contribution in [1.29, 1.82) is 0 Å². The molecule has 14 heavy (non-hydrogen) atoms. The third-order valence-corrected chi connectivity index (χ3v) is 2.74. The monoisotopic (exact) mass is 261 g/mol. The van der Waals surface area contributed by atoms with Gasteiger partial charge in [-0.1, -0.05) is 6.92 Å². The number of nitrogens with zero attached hydrogens (tertiary/aromatic N) is 2. The molecule has 0 radical (unpaired) electrons. The maximum absolute atomic E-state index is 5.98. The molecule has 1 aromatic heterocycles. The molecule has 0 spiro atoms. The van der Waals surface area contributed by atoms with Gasteiger partial charge in [-0.2, -0.15) is 5.10 Å². The van der Waals surface area contributed by atoms with Crippen molar-refractivity contribution in [2.75, 3.05) is 13.7 Å². The van der Waals surface area contributed by atoms with Crippen molar-refractivity contribution in [3.05, 3.63) is 16.4 Å². The number of methoxy groups -OCH3 is 1. The van der Waals surface area contributed by atoms with E-state index in [9.17, 15) is 0 Å². The Hall–Kier alpha value is -0.390. The molecule has 5 heteroatoms. The van der Waals surface area contributed by atoms with Crippen molar-refractivity contribution in [1.82, 2.24) is 9.78 Å². The molecule has 1 unspecified atom stereocenters. The van der Waals surface area contributed by atoms with E-state index in [0.29, 0.717) is 6.61 Å². The van der Waals surface area contributed by atoms with Gasteiger partial charge in [-0.25, -0.2) is 0 Å². The second kappa shape index (κ2) is 5.48. The van der Waals surface area contributed by atoms with E-state index in [1.54, 1.807) is 13.3 Å². The lowest BCUT2D eigenvalue weighted by Crippen LogP contribution is -2.17. The normalized spacial score (nSPS) is 13.1. The Morgan fingerprint density at radius 3 is 3.00 bits per heavy atom. The maximum atomic E-state index is 5.98. The second-order valence-electron chi connectivity index (χ2n) is 3.11. The molecule has 0 amide bonds. The van der Waals surface area contributed by atoms with Gasteiger partial charge in [-0.15, -0.1) is 0 Å². The second-order valence-corrected chi connectivity index (χ2v) is 3.96. The molecule has 1 aromatic rings. The molecular weight excluding hydrogens is 246 g/mol. The number of ether oxygens (including phenoxy) is 1. The van der Waals surface area contributed by atoms with Crippen LogP contribution in [0.5, 0.6) is 0 Å². The van der Waals surface area contributed by atoms with Crippen LogP contribution in [0.1, 0.15) is 25.1 Å². The van der Waals surface area contributed by atoms with E-state index >= 15 is 0 Å². The minimum absolute atomic E-state index is 0.0312. The third-order valence-electron chi connectivity index (χ3n) is 2.13. The van der Waals surface area contributed by atoms with Gasteiger partial charge in [0.1, 0.15) is 0 Å².